The first-order chi connectivity index (χ1) is 10.6. The minimum absolute atomic E-state index is 0.313. The maximum Gasteiger partial charge on any atom is 0.413 e. The molecular formula is C17H24N2O4. The molecule has 0 aliphatic carbocycles. The van der Waals surface area contributed by atoms with Gasteiger partial charge in [-0.25, -0.2) is 14.6 Å². The molecule has 1 heterocycles. The van der Waals surface area contributed by atoms with Gasteiger partial charge in [-0.15, -0.1) is 0 Å². The van der Waals surface area contributed by atoms with Gasteiger partial charge in [0.05, 0.1) is 6.61 Å². The summed E-state index contributed by atoms with van der Waals surface area (Å²) in [5.74, 6) is -0.0231. The van der Waals surface area contributed by atoms with Crippen LogP contribution in [0, 0.1) is 6.92 Å². The lowest BCUT2D eigenvalue weighted by Crippen LogP contribution is -2.27. The molecule has 0 radical (unpaired) electrons. The smallest absolute Gasteiger partial charge is 0.413 e. The highest BCUT2D eigenvalue weighted by Gasteiger charge is 2.17. The zero-order chi connectivity index (χ0) is 17.6. The third kappa shape index (κ3) is 6.50. The minimum atomic E-state index is -0.573. The maximum absolute atomic E-state index is 11.7. The molecule has 1 N–H and O–H groups in total. The summed E-state index contributed by atoms with van der Waals surface area (Å²) in [7, 11) is 0. The Kier molecular flexibility index (Phi) is 6.30. The van der Waals surface area contributed by atoms with Crippen molar-refractivity contribution in [2.75, 3.05) is 11.9 Å². The van der Waals surface area contributed by atoms with Gasteiger partial charge in [0, 0.05) is 17.7 Å². The third-order valence-electron chi connectivity index (χ3n) is 2.79. The normalized spacial score (nSPS) is 10.8. The second kappa shape index (κ2) is 7.76. The Morgan fingerprint density at radius 3 is 2.48 bits per heavy atom. The largest absolute Gasteiger partial charge is 0.463 e. The van der Waals surface area contributed by atoms with E-state index >= 15 is 0 Å². The molecule has 0 fully saturated rings. The van der Waals surface area contributed by atoms with Gasteiger partial charge >= 0.3 is 12.1 Å². The van der Waals surface area contributed by atoms with Gasteiger partial charge in [-0.1, -0.05) is 12.6 Å². The lowest BCUT2D eigenvalue weighted by atomic mass is 10.1. The van der Waals surface area contributed by atoms with Crippen LogP contribution in [0.25, 0.3) is 0 Å². The van der Waals surface area contributed by atoms with Crippen molar-refractivity contribution in [2.24, 2.45) is 0 Å². The number of carbonyl (C=O) groups excluding carboxylic acids is 2. The molecule has 0 aliphatic rings. The van der Waals surface area contributed by atoms with E-state index in [1.54, 1.807) is 46.8 Å². The number of anilines is 1. The van der Waals surface area contributed by atoms with Gasteiger partial charge in [-0.3, -0.25) is 5.32 Å². The number of aryl methyl sites for hydroxylation is 1. The number of esters is 1. The molecule has 0 unspecified atom stereocenters. The van der Waals surface area contributed by atoms with Gasteiger partial charge in [0.25, 0.3) is 0 Å². The molecule has 0 aromatic carbocycles. The number of hydrogen-bond acceptors (Lipinski definition) is 5. The van der Waals surface area contributed by atoms with Crippen LogP contribution in [0.5, 0.6) is 0 Å². The Balaban J connectivity index is 2.73. The number of nitrogens with one attached hydrogen (secondary N) is 1. The van der Waals surface area contributed by atoms with Crippen molar-refractivity contribution in [3.63, 3.8) is 0 Å². The van der Waals surface area contributed by atoms with Crippen LogP contribution in [0.15, 0.2) is 24.3 Å². The first kappa shape index (κ1) is 18.7. The standard InChI is InChI=1S/C17H24N2O4/c1-7-22-15(20)11(2)10-13-8-9-14(18-12(13)3)19-16(21)23-17(4,5)6/h8-9H,2,7,10H2,1,3-6H3,(H,18,19,21). The van der Waals surface area contributed by atoms with Crippen LogP contribution >= 0.6 is 0 Å². The summed E-state index contributed by atoms with van der Waals surface area (Å²) >= 11 is 0. The molecule has 126 valence electrons. The molecule has 0 saturated heterocycles. The first-order valence-electron chi connectivity index (χ1n) is 7.43. The molecule has 1 aromatic rings. The van der Waals surface area contributed by atoms with Crippen LogP contribution < -0.4 is 5.32 Å². The van der Waals surface area contributed by atoms with E-state index in [4.69, 9.17) is 9.47 Å². The Morgan fingerprint density at radius 1 is 1.30 bits per heavy atom. The molecule has 1 amide bonds. The van der Waals surface area contributed by atoms with Crippen LogP contribution in [0.4, 0.5) is 10.6 Å². The number of aromatic nitrogens is 1. The number of amides is 1. The predicted molar refractivity (Wildman–Crippen MR) is 88.3 cm³/mol. The molecular weight excluding hydrogens is 296 g/mol. The lowest BCUT2D eigenvalue weighted by Gasteiger charge is -2.19. The Bertz CT molecular complexity index is 603. The number of pyridine rings is 1. The van der Waals surface area contributed by atoms with Crippen molar-refractivity contribution in [1.82, 2.24) is 4.98 Å². The molecule has 6 nitrogen and oxygen atoms in total. The Labute approximate surface area is 136 Å². The molecule has 0 spiro atoms. The summed E-state index contributed by atoms with van der Waals surface area (Å²) in [6, 6.07) is 3.45. The summed E-state index contributed by atoms with van der Waals surface area (Å²) < 4.78 is 10.1. The van der Waals surface area contributed by atoms with E-state index < -0.39 is 17.7 Å². The van der Waals surface area contributed by atoms with E-state index in [0.717, 1.165) is 5.56 Å². The quantitative estimate of drug-likeness (QED) is 0.664. The highest BCUT2D eigenvalue weighted by molar-refractivity contribution is 5.88. The second-order valence-electron chi connectivity index (χ2n) is 6.07. The van der Waals surface area contributed by atoms with Gasteiger partial charge < -0.3 is 9.47 Å². The Morgan fingerprint density at radius 2 is 1.96 bits per heavy atom. The van der Waals surface area contributed by atoms with Crippen molar-refractivity contribution in [3.05, 3.63) is 35.5 Å². The SMILES string of the molecule is C=C(Cc1ccc(NC(=O)OC(C)(C)C)nc1C)C(=O)OCC. The van der Waals surface area contributed by atoms with Crippen molar-refractivity contribution in [1.29, 1.82) is 0 Å². The maximum atomic E-state index is 11.7. The molecule has 6 heteroatoms. The topological polar surface area (TPSA) is 77.5 Å². The number of nitrogens with zero attached hydrogens (tertiary/aromatic N) is 1. The number of carbonyl (C=O) groups is 2. The monoisotopic (exact) mass is 320 g/mol. The van der Waals surface area contributed by atoms with E-state index in [2.05, 4.69) is 16.9 Å². The minimum Gasteiger partial charge on any atom is -0.463 e. The summed E-state index contributed by atoms with van der Waals surface area (Å²) in [5, 5.41) is 2.58. The van der Waals surface area contributed by atoms with Crippen molar-refractivity contribution >= 4 is 17.9 Å². The number of ether oxygens (including phenoxy) is 2. The van der Waals surface area contributed by atoms with E-state index in [1.165, 1.54) is 0 Å². The van der Waals surface area contributed by atoms with E-state index in [0.29, 0.717) is 30.1 Å². The highest BCUT2D eigenvalue weighted by atomic mass is 16.6. The second-order valence-corrected chi connectivity index (χ2v) is 6.07. The van der Waals surface area contributed by atoms with Crippen LogP contribution in [0.3, 0.4) is 0 Å². The van der Waals surface area contributed by atoms with Crippen LogP contribution in [0.2, 0.25) is 0 Å². The van der Waals surface area contributed by atoms with Crippen molar-refractivity contribution < 1.29 is 19.1 Å². The molecule has 1 rings (SSSR count). The molecule has 0 atom stereocenters. The fourth-order valence-electron chi connectivity index (χ4n) is 1.79. The number of rotatable bonds is 5. The van der Waals surface area contributed by atoms with Gasteiger partial charge in [0.15, 0.2) is 0 Å². The van der Waals surface area contributed by atoms with Gasteiger partial charge in [0.1, 0.15) is 11.4 Å². The molecule has 1 aromatic heterocycles. The van der Waals surface area contributed by atoms with Crippen LogP contribution in [0.1, 0.15) is 39.0 Å². The zero-order valence-electron chi connectivity index (χ0n) is 14.4. The molecule has 0 bridgehead atoms. The summed E-state index contributed by atoms with van der Waals surface area (Å²) in [5.41, 5.74) is 1.34. The highest BCUT2D eigenvalue weighted by Crippen LogP contribution is 2.16. The van der Waals surface area contributed by atoms with Gasteiger partial charge in [-0.05, 0) is 46.2 Å². The van der Waals surface area contributed by atoms with Crippen molar-refractivity contribution in [2.45, 2.75) is 46.6 Å². The van der Waals surface area contributed by atoms with Crippen LogP contribution in [-0.2, 0) is 20.7 Å². The summed E-state index contributed by atoms with van der Waals surface area (Å²) in [6.45, 7) is 12.9. The van der Waals surface area contributed by atoms with E-state index in [1.807, 2.05) is 0 Å². The van der Waals surface area contributed by atoms with Gasteiger partial charge in [-0.2, -0.15) is 0 Å². The lowest BCUT2D eigenvalue weighted by molar-refractivity contribution is -0.138. The Hall–Kier alpha value is -2.37. The van der Waals surface area contributed by atoms with Crippen molar-refractivity contribution in [3.8, 4) is 0 Å². The number of hydrogen-bond donors (Lipinski definition) is 1. The van der Waals surface area contributed by atoms with E-state index in [9.17, 15) is 9.59 Å². The zero-order valence-corrected chi connectivity index (χ0v) is 14.4. The molecule has 23 heavy (non-hydrogen) atoms. The molecule has 0 saturated carbocycles. The first-order valence-corrected chi connectivity index (χ1v) is 7.43. The summed E-state index contributed by atoms with van der Waals surface area (Å²) in [4.78, 5) is 27.6. The van der Waals surface area contributed by atoms with E-state index in [-0.39, 0.29) is 0 Å². The fourth-order valence-corrected chi connectivity index (χ4v) is 1.79. The van der Waals surface area contributed by atoms with Crippen LogP contribution in [-0.4, -0.2) is 29.3 Å². The fraction of sp³-hybridized carbons (Fsp3) is 0.471. The predicted octanol–water partition coefficient (Wildman–Crippen LogP) is 3.40. The average molecular weight is 320 g/mol. The molecule has 0 aliphatic heterocycles. The third-order valence-corrected chi connectivity index (χ3v) is 2.79. The average Bonchev–Trinajstić information content (AvgIpc) is 2.39. The van der Waals surface area contributed by atoms with Gasteiger partial charge in [0.2, 0.25) is 0 Å². The summed E-state index contributed by atoms with van der Waals surface area (Å²) in [6.07, 6.45) is -0.210.